The van der Waals surface area contributed by atoms with Gasteiger partial charge in [-0.25, -0.2) is 0 Å². The van der Waals surface area contributed by atoms with Crippen molar-refractivity contribution in [2.24, 2.45) is 0 Å². The van der Waals surface area contributed by atoms with Crippen LogP contribution >= 0.6 is 46.4 Å². The first kappa shape index (κ1) is 24.5. The van der Waals surface area contributed by atoms with Gasteiger partial charge in [-0.3, -0.25) is 0 Å². The zero-order chi connectivity index (χ0) is 10.3. The molecule has 10 heteroatoms. The van der Waals surface area contributed by atoms with E-state index in [4.69, 9.17) is 46.4 Å². The molecule has 0 aromatic heterocycles. The fraction of sp³-hybridized carbons (Fsp3) is 0.500. The molecule has 0 unspecified atom stereocenters. The maximum absolute atomic E-state index is 9.32. The van der Waals surface area contributed by atoms with Gasteiger partial charge in [0.05, 0.1) is 11.9 Å². The van der Waals surface area contributed by atoms with Gasteiger partial charge in [-0.1, -0.05) is 46.4 Å². The smallest absolute Gasteiger partial charge is 0.547 e. The maximum Gasteiger partial charge on any atom is 2.00 e. The number of halogens is 4. The van der Waals surface area contributed by atoms with Crippen molar-refractivity contribution >= 4 is 96.1 Å². The average molecular weight is 314 g/mol. The molecule has 0 aliphatic heterocycles. The summed E-state index contributed by atoms with van der Waals surface area (Å²) in [5, 5.41) is 18.6. The van der Waals surface area contributed by atoms with E-state index >= 15 is 0 Å². The molecule has 14 heavy (non-hydrogen) atoms. The maximum atomic E-state index is 9.32. The minimum Gasteiger partial charge on any atom is -0.547 e. The molecule has 0 fully saturated rings. The second-order valence-electron chi connectivity index (χ2n) is 1.24. The minimum absolute atomic E-state index is 0. The molecule has 0 aromatic rings. The van der Waals surface area contributed by atoms with Crippen LogP contribution in [-0.2, 0) is 9.59 Å². The van der Waals surface area contributed by atoms with E-state index in [9.17, 15) is 19.8 Å². The van der Waals surface area contributed by atoms with Gasteiger partial charge in [-0.05, 0) is 0 Å². The topological polar surface area (TPSA) is 112 Å². The molecule has 0 aliphatic rings. The fourth-order valence-electron chi connectivity index (χ4n) is 0. The van der Waals surface area contributed by atoms with Gasteiger partial charge in [0.2, 0.25) is 0 Å². The van der Waals surface area contributed by atoms with E-state index < -0.39 is 21.6 Å². The van der Waals surface area contributed by atoms with Gasteiger partial charge in [0.15, 0.2) is 0 Å². The summed E-state index contributed by atoms with van der Waals surface area (Å²) in [6.07, 6.45) is 0. The van der Waals surface area contributed by atoms with E-state index in [0.717, 1.165) is 0 Å². The summed E-state index contributed by atoms with van der Waals surface area (Å²) < 4.78 is 0. The Hall–Kier alpha value is 1.32. The average Bonchev–Trinajstić information content (AvgIpc) is 1.88. The number of carboxylic acids is 2. The van der Waals surface area contributed by atoms with Gasteiger partial charge in [0.25, 0.3) is 0 Å². The van der Waals surface area contributed by atoms with Crippen molar-refractivity contribution in [3.8, 4) is 0 Å². The van der Waals surface area contributed by atoms with Crippen LogP contribution in [0.3, 0.4) is 0 Å². The minimum atomic E-state index is -1.46. The Balaban J connectivity index is -0.0000000625. The van der Waals surface area contributed by atoms with Crippen molar-refractivity contribution < 1.29 is 25.3 Å². The van der Waals surface area contributed by atoms with Crippen molar-refractivity contribution in [1.82, 2.24) is 0 Å². The summed E-state index contributed by atoms with van der Waals surface area (Å²) >= 11 is 18.9. The molecule has 0 saturated carbocycles. The number of rotatable bonds is 2. The van der Waals surface area contributed by atoms with Crippen LogP contribution < -0.4 is 10.2 Å². The SMILES string of the molecule is O.O=C([O-])C(Cl)Cl.O=C([O-])C(Cl)Cl.[Ca+2]. The second-order valence-corrected chi connectivity index (χ2v) is 3.43. The molecular weight excluding hydrogens is 310 g/mol. The van der Waals surface area contributed by atoms with Gasteiger partial charge in [0.1, 0.15) is 9.67 Å². The molecule has 0 rings (SSSR count). The monoisotopic (exact) mass is 312 g/mol. The summed E-state index contributed by atoms with van der Waals surface area (Å²) in [5.41, 5.74) is 0. The van der Waals surface area contributed by atoms with E-state index in [2.05, 4.69) is 0 Å². The van der Waals surface area contributed by atoms with Crippen LogP contribution in [-0.4, -0.2) is 64.8 Å². The predicted octanol–water partition coefficient (Wildman–Crippen LogP) is -2.13. The molecule has 0 heterocycles. The van der Waals surface area contributed by atoms with E-state index in [1.54, 1.807) is 0 Å². The van der Waals surface area contributed by atoms with E-state index in [0.29, 0.717) is 0 Å². The van der Waals surface area contributed by atoms with Crippen LogP contribution in [0.15, 0.2) is 0 Å². The van der Waals surface area contributed by atoms with Crippen LogP contribution in [0, 0.1) is 0 Å². The molecule has 0 atom stereocenters. The number of hydrogen-bond donors (Lipinski definition) is 0. The first-order chi connectivity index (χ1) is 5.29. The van der Waals surface area contributed by atoms with Crippen molar-refractivity contribution in [2.45, 2.75) is 9.67 Å². The second kappa shape index (κ2) is 14.3. The summed E-state index contributed by atoms with van der Waals surface area (Å²) in [4.78, 5) is 15.9. The molecule has 0 saturated heterocycles. The van der Waals surface area contributed by atoms with E-state index in [1.807, 2.05) is 0 Å². The number of aliphatic carboxylic acids is 2. The Morgan fingerprint density at radius 1 is 0.857 bits per heavy atom. The Labute approximate surface area is 130 Å². The molecule has 0 aromatic carbocycles. The zero-order valence-corrected chi connectivity index (χ0v) is 11.7. The Bertz CT molecular complexity index is 146. The third-order valence-electron chi connectivity index (χ3n) is 0.356. The Kier molecular flexibility index (Phi) is 25.1. The standard InChI is InChI=1S/2C2H2Cl2O2.Ca.H2O/c2*3-1(4)2(5)6;;/h2*1H,(H,5,6);;1H2/q;;+2;/p-2. The van der Waals surface area contributed by atoms with Gasteiger partial charge in [-0.15, -0.1) is 0 Å². The van der Waals surface area contributed by atoms with Gasteiger partial charge >= 0.3 is 37.7 Å². The van der Waals surface area contributed by atoms with Gasteiger partial charge in [-0.2, -0.15) is 0 Å². The Morgan fingerprint density at radius 2 is 0.929 bits per heavy atom. The first-order valence-electron chi connectivity index (χ1n) is 2.27. The normalized spacial score (nSPS) is 7.86. The molecule has 2 N–H and O–H groups in total. The number of hydrogen-bond acceptors (Lipinski definition) is 4. The number of carboxylic acid groups (broad SMARTS) is 2. The number of carbonyl (C=O) groups excluding carboxylic acids is 2. The molecule has 80 valence electrons. The summed E-state index contributed by atoms with van der Waals surface area (Å²) in [6.45, 7) is 0. The van der Waals surface area contributed by atoms with Crippen LogP contribution in [0.2, 0.25) is 0 Å². The summed E-state index contributed by atoms with van der Waals surface area (Å²) in [5.74, 6) is -2.92. The number of alkyl halides is 4. The van der Waals surface area contributed by atoms with E-state index in [1.165, 1.54) is 0 Å². The largest absolute Gasteiger partial charge is 2.00 e. The predicted molar refractivity (Wildman–Crippen MR) is 50.4 cm³/mol. The van der Waals surface area contributed by atoms with E-state index in [-0.39, 0.29) is 43.2 Å². The molecule has 0 amide bonds. The molecule has 5 nitrogen and oxygen atoms in total. The van der Waals surface area contributed by atoms with Crippen molar-refractivity contribution in [3.05, 3.63) is 0 Å². The zero-order valence-electron chi connectivity index (χ0n) is 6.51. The van der Waals surface area contributed by atoms with Crippen molar-refractivity contribution in [1.29, 1.82) is 0 Å². The quantitative estimate of drug-likeness (QED) is 0.428. The summed E-state index contributed by atoms with van der Waals surface area (Å²) in [7, 11) is 0. The van der Waals surface area contributed by atoms with Crippen molar-refractivity contribution in [2.75, 3.05) is 0 Å². The first-order valence-corrected chi connectivity index (χ1v) is 4.01. The van der Waals surface area contributed by atoms with Crippen LogP contribution in [0.1, 0.15) is 0 Å². The molecule has 0 aliphatic carbocycles. The molecule has 0 spiro atoms. The molecular formula is C4H4CaCl4O5. The van der Waals surface area contributed by atoms with Crippen LogP contribution in [0.25, 0.3) is 0 Å². The molecule has 0 radical (unpaired) electrons. The third-order valence-corrected chi connectivity index (χ3v) is 1.07. The summed E-state index contributed by atoms with van der Waals surface area (Å²) in [6, 6.07) is 0. The number of carbonyl (C=O) groups is 2. The van der Waals surface area contributed by atoms with Gasteiger partial charge in [0, 0.05) is 0 Å². The Morgan fingerprint density at radius 3 is 0.929 bits per heavy atom. The fourth-order valence-corrected chi connectivity index (χ4v) is 0. The van der Waals surface area contributed by atoms with Gasteiger partial charge < -0.3 is 25.3 Å². The van der Waals surface area contributed by atoms with Crippen LogP contribution in [0.5, 0.6) is 0 Å². The third kappa shape index (κ3) is 23.3. The van der Waals surface area contributed by atoms with Crippen LogP contribution in [0.4, 0.5) is 0 Å². The van der Waals surface area contributed by atoms with Crippen molar-refractivity contribution in [3.63, 3.8) is 0 Å². The molecule has 0 bridgehead atoms.